The molecule has 3 aromatic rings. The van der Waals surface area contributed by atoms with Crippen LogP contribution in [0.2, 0.25) is 0 Å². The molecule has 0 bridgehead atoms. The molecule has 1 fully saturated rings. The molecule has 4 rings (SSSR count). The molecule has 176 valence electrons. The molecule has 2 amide bonds. The van der Waals surface area contributed by atoms with Gasteiger partial charge in [0.05, 0.1) is 0 Å². The second-order valence-electron chi connectivity index (χ2n) is 9.17. The van der Waals surface area contributed by atoms with Gasteiger partial charge in [-0.25, -0.2) is 0 Å². The van der Waals surface area contributed by atoms with Crippen LogP contribution in [0.5, 0.6) is 0 Å². The number of piperidine rings is 1. The SMILES string of the molecule is CN(C)Cc1ccc(-c2ccccc2CNC(=O)C(c2ccccc2)N2CCCCC2=O)cc1. The average Bonchev–Trinajstić information content (AvgIpc) is 2.85. The molecule has 0 radical (unpaired) electrons. The van der Waals surface area contributed by atoms with Gasteiger partial charge in [-0.15, -0.1) is 0 Å². The lowest BCUT2D eigenvalue weighted by atomic mass is 9.98. The maximum absolute atomic E-state index is 13.4. The highest BCUT2D eigenvalue weighted by Gasteiger charge is 2.32. The number of carbonyl (C=O) groups is 2. The molecular formula is C29H33N3O2. The topological polar surface area (TPSA) is 52.7 Å². The molecule has 1 N–H and O–H groups in total. The Kier molecular flexibility index (Phi) is 7.76. The molecule has 1 aliphatic heterocycles. The maximum Gasteiger partial charge on any atom is 0.247 e. The van der Waals surface area contributed by atoms with E-state index in [-0.39, 0.29) is 11.8 Å². The van der Waals surface area contributed by atoms with Crippen LogP contribution in [0.4, 0.5) is 0 Å². The van der Waals surface area contributed by atoms with Crippen molar-refractivity contribution in [1.82, 2.24) is 15.1 Å². The molecular weight excluding hydrogens is 422 g/mol. The fraction of sp³-hybridized carbons (Fsp3) is 0.310. The normalized spacial score (nSPS) is 14.8. The minimum atomic E-state index is -0.605. The van der Waals surface area contributed by atoms with E-state index in [2.05, 4.69) is 54.6 Å². The molecule has 1 aliphatic rings. The van der Waals surface area contributed by atoms with Crippen LogP contribution < -0.4 is 5.32 Å². The molecule has 1 saturated heterocycles. The minimum absolute atomic E-state index is 0.0495. The molecule has 3 aromatic carbocycles. The number of amides is 2. The van der Waals surface area contributed by atoms with Crippen molar-refractivity contribution in [2.75, 3.05) is 20.6 Å². The highest BCUT2D eigenvalue weighted by molar-refractivity contribution is 5.89. The van der Waals surface area contributed by atoms with E-state index in [1.807, 2.05) is 48.5 Å². The van der Waals surface area contributed by atoms with E-state index < -0.39 is 6.04 Å². The summed E-state index contributed by atoms with van der Waals surface area (Å²) in [5.74, 6) is -0.0916. The zero-order chi connectivity index (χ0) is 23.9. The number of rotatable bonds is 8. The van der Waals surface area contributed by atoms with Crippen molar-refractivity contribution >= 4 is 11.8 Å². The smallest absolute Gasteiger partial charge is 0.247 e. The predicted octanol–water partition coefficient (Wildman–Crippen LogP) is 4.79. The summed E-state index contributed by atoms with van der Waals surface area (Å²) in [5.41, 5.74) is 5.38. The van der Waals surface area contributed by atoms with Crippen LogP contribution in [0.3, 0.4) is 0 Å². The Bertz CT molecular complexity index is 1110. The number of benzene rings is 3. The van der Waals surface area contributed by atoms with Gasteiger partial charge >= 0.3 is 0 Å². The Balaban J connectivity index is 1.53. The van der Waals surface area contributed by atoms with Crippen molar-refractivity contribution < 1.29 is 9.59 Å². The van der Waals surface area contributed by atoms with Gasteiger partial charge in [0.1, 0.15) is 6.04 Å². The average molecular weight is 456 g/mol. The summed E-state index contributed by atoms with van der Waals surface area (Å²) in [6.45, 7) is 1.91. The first-order valence-electron chi connectivity index (χ1n) is 12.0. The van der Waals surface area contributed by atoms with Gasteiger partial charge in [-0.1, -0.05) is 78.9 Å². The van der Waals surface area contributed by atoms with Crippen LogP contribution >= 0.6 is 0 Å². The molecule has 1 heterocycles. The van der Waals surface area contributed by atoms with Gasteiger partial charge in [0.15, 0.2) is 0 Å². The van der Waals surface area contributed by atoms with E-state index in [4.69, 9.17) is 0 Å². The highest BCUT2D eigenvalue weighted by Crippen LogP contribution is 2.27. The van der Waals surface area contributed by atoms with Crippen molar-refractivity contribution in [1.29, 1.82) is 0 Å². The lowest BCUT2D eigenvalue weighted by Gasteiger charge is -2.34. The first kappa shape index (κ1) is 23.7. The molecule has 5 heteroatoms. The third kappa shape index (κ3) is 5.72. The van der Waals surface area contributed by atoms with Crippen molar-refractivity contribution in [3.05, 3.63) is 95.6 Å². The molecule has 0 aliphatic carbocycles. The number of nitrogens with one attached hydrogen (secondary N) is 1. The standard InChI is InChI=1S/C29H33N3O2/c1-31(2)21-22-15-17-23(18-16-22)26-13-7-6-12-25(26)20-30-29(34)28(24-10-4-3-5-11-24)32-19-9-8-14-27(32)33/h3-7,10-13,15-18,28H,8-9,14,19-21H2,1-2H3,(H,30,34). The predicted molar refractivity (Wildman–Crippen MR) is 136 cm³/mol. The Morgan fingerprint density at radius 1 is 0.941 bits per heavy atom. The Hall–Kier alpha value is -3.44. The maximum atomic E-state index is 13.4. The summed E-state index contributed by atoms with van der Waals surface area (Å²) in [5, 5.41) is 3.12. The fourth-order valence-electron chi connectivity index (χ4n) is 4.60. The number of hydrogen-bond acceptors (Lipinski definition) is 3. The first-order valence-corrected chi connectivity index (χ1v) is 12.0. The molecule has 0 spiro atoms. The van der Waals surface area contributed by atoms with Gasteiger partial charge in [0.2, 0.25) is 11.8 Å². The minimum Gasteiger partial charge on any atom is -0.350 e. The van der Waals surface area contributed by atoms with Crippen molar-refractivity contribution in [3.8, 4) is 11.1 Å². The van der Waals surface area contributed by atoms with Crippen molar-refractivity contribution in [2.24, 2.45) is 0 Å². The van der Waals surface area contributed by atoms with Crippen molar-refractivity contribution in [3.63, 3.8) is 0 Å². The number of likely N-dealkylation sites (tertiary alicyclic amines) is 1. The summed E-state index contributed by atoms with van der Waals surface area (Å²) in [6.07, 6.45) is 2.32. The van der Waals surface area contributed by atoms with Gasteiger partial charge in [-0.3, -0.25) is 9.59 Å². The van der Waals surface area contributed by atoms with E-state index in [0.717, 1.165) is 41.6 Å². The fourth-order valence-corrected chi connectivity index (χ4v) is 4.60. The van der Waals surface area contributed by atoms with Crippen LogP contribution in [0, 0.1) is 0 Å². The Labute approximate surface area is 202 Å². The number of hydrogen-bond donors (Lipinski definition) is 1. The summed E-state index contributed by atoms with van der Waals surface area (Å²) >= 11 is 0. The third-order valence-electron chi connectivity index (χ3n) is 6.27. The molecule has 34 heavy (non-hydrogen) atoms. The monoisotopic (exact) mass is 455 g/mol. The van der Waals surface area contributed by atoms with Gasteiger partial charge in [-0.2, -0.15) is 0 Å². The first-order chi connectivity index (χ1) is 16.5. The summed E-state index contributed by atoms with van der Waals surface area (Å²) in [4.78, 5) is 30.0. The van der Waals surface area contributed by atoms with E-state index in [0.29, 0.717) is 19.5 Å². The van der Waals surface area contributed by atoms with Gasteiger partial charge in [0, 0.05) is 26.1 Å². The zero-order valence-corrected chi connectivity index (χ0v) is 20.0. The lowest BCUT2D eigenvalue weighted by molar-refractivity contribution is -0.142. The van der Waals surface area contributed by atoms with Crippen LogP contribution in [0.1, 0.15) is 42.0 Å². The van der Waals surface area contributed by atoms with Crippen LogP contribution in [0.25, 0.3) is 11.1 Å². The van der Waals surface area contributed by atoms with E-state index >= 15 is 0 Å². The van der Waals surface area contributed by atoms with Gasteiger partial charge in [0.25, 0.3) is 0 Å². The second kappa shape index (κ2) is 11.1. The second-order valence-corrected chi connectivity index (χ2v) is 9.17. The van der Waals surface area contributed by atoms with Crippen LogP contribution in [-0.2, 0) is 22.7 Å². The molecule has 0 aromatic heterocycles. The molecule has 1 atom stereocenters. The quantitative estimate of drug-likeness (QED) is 0.532. The largest absolute Gasteiger partial charge is 0.350 e. The van der Waals surface area contributed by atoms with Crippen LogP contribution in [-0.4, -0.2) is 42.3 Å². The summed E-state index contributed by atoms with van der Waals surface area (Å²) in [6, 6.07) is 25.7. The zero-order valence-electron chi connectivity index (χ0n) is 20.0. The molecule has 0 saturated carbocycles. The van der Waals surface area contributed by atoms with E-state index in [1.165, 1.54) is 5.56 Å². The third-order valence-corrected chi connectivity index (χ3v) is 6.27. The number of carbonyl (C=O) groups excluding carboxylic acids is 2. The summed E-state index contributed by atoms with van der Waals surface area (Å²) < 4.78 is 0. The molecule has 5 nitrogen and oxygen atoms in total. The lowest BCUT2D eigenvalue weighted by Crippen LogP contribution is -2.45. The van der Waals surface area contributed by atoms with E-state index in [9.17, 15) is 9.59 Å². The van der Waals surface area contributed by atoms with Crippen molar-refractivity contribution in [2.45, 2.75) is 38.4 Å². The highest BCUT2D eigenvalue weighted by atomic mass is 16.2. The van der Waals surface area contributed by atoms with Crippen LogP contribution in [0.15, 0.2) is 78.9 Å². The van der Waals surface area contributed by atoms with Gasteiger partial charge < -0.3 is 15.1 Å². The molecule has 1 unspecified atom stereocenters. The Morgan fingerprint density at radius 3 is 2.35 bits per heavy atom. The summed E-state index contributed by atoms with van der Waals surface area (Å²) in [7, 11) is 4.12. The van der Waals surface area contributed by atoms with Gasteiger partial charge in [-0.05, 0) is 54.8 Å². The van der Waals surface area contributed by atoms with E-state index in [1.54, 1.807) is 4.90 Å². The Morgan fingerprint density at radius 2 is 1.65 bits per heavy atom. The number of nitrogens with zero attached hydrogens (tertiary/aromatic N) is 2.